The first-order chi connectivity index (χ1) is 9.95. The third kappa shape index (κ3) is 3.33. The predicted molar refractivity (Wildman–Crippen MR) is 82.7 cm³/mol. The molecule has 1 N–H and O–H groups in total. The van der Waals surface area contributed by atoms with Crippen molar-refractivity contribution in [1.82, 2.24) is 14.8 Å². The highest BCUT2D eigenvalue weighted by molar-refractivity contribution is 7.99. The summed E-state index contributed by atoms with van der Waals surface area (Å²) in [6.07, 6.45) is 2.15. The Morgan fingerprint density at radius 3 is 2.62 bits per heavy atom. The zero-order valence-corrected chi connectivity index (χ0v) is 13.4. The molecule has 1 amide bonds. The SMILES string of the molecule is Cn1cnnc1Sc1ccc(NC(=O)C2CC2(Cl)Cl)cc1. The van der Waals surface area contributed by atoms with Gasteiger partial charge in [-0.15, -0.1) is 33.4 Å². The first kappa shape index (κ1) is 14.7. The molecule has 1 heterocycles. The van der Waals surface area contributed by atoms with Crippen molar-refractivity contribution in [2.75, 3.05) is 5.32 Å². The number of nitrogens with zero attached hydrogens (tertiary/aromatic N) is 3. The fourth-order valence-corrected chi connectivity index (χ4v) is 3.07. The second-order valence-corrected chi connectivity index (χ2v) is 7.44. The predicted octanol–water partition coefficient (Wildman–Crippen LogP) is 3.10. The van der Waals surface area contributed by atoms with Crippen LogP contribution in [0.25, 0.3) is 0 Å². The summed E-state index contributed by atoms with van der Waals surface area (Å²) in [5.41, 5.74) is 0.721. The summed E-state index contributed by atoms with van der Waals surface area (Å²) in [6, 6.07) is 7.50. The van der Waals surface area contributed by atoms with Crippen molar-refractivity contribution in [2.24, 2.45) is 13.0 Å². The fraction of sp³-hybridized carbons (Fsp3) is 0.308. The molecule has 5 nitrogen and oxygen atoms in total. The number of benzene rings is 1. The van der Waals surface area contributed by atoms with E-state index in [9.17, 15) is 4.79 Å². The fourth-order valence-electron chi connectivity index (χ4n) is 1.80. The Labute approximate surface area is 136 Å². The van der Waals surface area contributed by atoms with Crippen LogP contribution in [0.3, 0.4) is 0 Å². The average molecular weight is 343 g/mol. The van der Waals surface area contributed by atoms with Gasteiger partial charge >= 0.3 is 0 Å². The van der Waals surface area contributed by atoms with Gasteiger partial charge in [-0.05, 0) is 42.4 Å². The molecule has 0 spiro atoms. The van der Waals surface area contributed by atoms with E-state index in [-0.39, 0.29) is 11.8 Å². The van der Waals surface area contributed by atoms with E-state index in [4.69, 9.17) is 23.2 Å². The second kappa shape index (κ2) is 5.51. The first-order valence-electron chi connectivity index (χ1n) is 6.26. The van der Waals surface area contributed by atoms with Crippen molar-refractivity contribution in [2.45, 2.75) is 20.8 Å². The molecular formula is C13H12Cl2N4OS. The smallest absolute Gasteiger partial charge is 0.230 e. The van der Waals surface area contributed by atoms with Crippen molar-refractivity contribution >= 4 is 46.6 Å². The van der Waals surface area contributed by atoms with Gasteiger partial charge in [-0.3, -0.25) is 4.79 Å². The molecular weight excluding hydrogens is 331 g/mol. The molecule has 2 aromatic rings. The summed E-state index contributed by atoms with van der Waals surface area (Å²) < 4.78 is 0.944. The standard InChI is InChI=1S/C13H12Cl2N4OS/c1-19-7-16-18-12(19)21-9-4-2-8(3-5-9)17-11(20)10-6-13(10,14)15/h2-5,7,10H,6H2,1H3,(H,17,20). The van der Waals surface area contributed by atoms with Crippen LogP contribution >= 0.6 is 35.0 Å². The second-order valence-electron chi connectivity index (χ2n) is 4.86. The van der Waals surface area contributed by atoms with Crippen LogP contribution in [0.2, 0.25) is 0 Å². The van der Waals surface area contributed by atoms with Crippen molar-refractivity contribution < 1.29 is 4.79 Å². The van der Waals surface area contributed by atoms with Crippen LogP contribution in [0.4, 0.5) is 5.69 Å². The largest absolute Gasteiger partial charge is 0.326 e. The monoisotopic (exact) mass is 342 g/mol. The first-order valence-corrected chi connectivity index (χ1v) is 7.83. The Bertz CT molecular complexity index is 671. The number of hydrogen-bond acceptors (Lipinski definition) is 4. The third-order valence-electron chi connectivity index (χ3n) is 3.14. The minimum absolute atomic E-state index is 0.145. The van der Waals surface area contributed by atoms with Gasteiger partial charge in [0.1, 0.15) is 10.7 Å². The van der Waals surface area contributed by atoms with Crippen LogP contribution < -0.4 is 5.32 Å². The number of alkyl halides is 2. The molecule has 1 unspecified atom stereocenters. The number of carbonyl (C=O) groups excluding carboxylic acids is 1. The molecule has 1 fully saturated rings. The van der Waals surface area contributed by atoms with E-state index in [2.05, 4.69) is 15.5 Å². The summed E-state index contributed by atoms with van der Waals surface area (Å²) in [5.74, 6) is -0.470. The molecule has 1 atom stereocenters. The minimum atomic E-state index is -0.898. The Kier molecular flexibility index (Phi) is 3.86. The van der Waals surface area contributed by atoms with E-state index in [0.29, 0.717) is 6.42 Å². The maximum absolute atomic E-state index is 11.9. The van der Waals surface area contributed by atoms with Crippen LogP contribution in [0.5, 0.6) is 0 Å². The summed E-state index contributed by atoms with van der Waals surface area (Å²) in [7, 11) is 1.89. The summed E-state index contributed by atoms with van der Waals surface area (Å²) in [5, 5.41) is 11.4. The molecule has 8 heteroatoms. The number of aromatic nitrogens is 3. The van der Waals surface area contributed by atoms with Crippen molar-refractivity contribution in [3.05, 3.63) is 30.6 Å². The molecule has 1 aliphatic rings. The maximum Gasteiger partial charge on any atom is 0.230 e. The lowest BCUT2D eigenvalue weighted by Crippen LogP contribution is -2.16. The minimum Gasteiger partial charge on any atom is -0.326 e. The van der Waals surface area contributed by atoms with E-state index in [1.54, 1.807) is 6.33 Å². The topological polar surface area (TPSA) is 59.8 Å². The molecule has 1 saturated carbocycles. The molecule has 0 aliphatic heterocycles. The van der Waals surface area contributed by atoms with Crippen molar-refractivity contribution in [3.8, 4) is 0 Å². The van der Waals surface area contributed by atoms with Crippen LogP contribution in [0, 0.1) is 5.92 Å². The lowest BCUT2D eigenvalue weighted by Gasteiger charge is -2.06. The number of amides is 1. The molecule has 21 heavy (non-hydrogen) atoms. The van der Waals surface area contributed by atoms with Gasteiger partial charge in [0.05, 0.1) is 5.92 Å². The van der Waals surface area contributed by atoms with E-state index in [0.717, 1.165) is 15.7 Å². The molecule has 1 aliphatic carbocycles. The summed E-state index contributed by atoms with van der Waals surface area (Å²) in [6.45, 7) is 0. The van der Waals surface area contributed by atoms with Gasteiger partial charge in [-0.1, -0.05) is 0 Å². The number of hydrogen-bond donors (Lipinski definition) is 1. The van der Waals surface area contributed by atoms with Crippen LogP contribution in [0.1, 0.15) is 6.42 Å². The van der Waals surface area contributed by atoms with Gasteiger partial charge in [-0.25, -0.2) is 0 Å². The highest BCUT2D eigenvalue weighted by Crippen LogP contribution is 2.53. The quantitative estimate of drug-likeness (QED) is 0.867. The van der Waals surface area contributed by atoms with Gasteiger partial charge in [0, 0.05) is 17.6 Å². The maximum atomic E-state index is 11.9. The van der Waals surface area contributed by atoms with Crippen molar-refractivity contribution in [3.63, 3.8) is 0 Å². The van der Waals surface area contributed by atoms with E-state index < -0.39 is 4.33 Å². The molecule has 0 saturated heterocycles. The molecule has 1 aromatic carbocycles. The number of rotatable bonds is 4. The zero-order valence-electron chi connectivity index (χ0n) is 11.1. The van der Waals surface area contributed by atoms with Gasteiger partial charge < -0.3 is 9.88 Å². The summed E-state index contributed by atoms with van der Waals surface area (Å²) in [4.78, 5) is 12.9. The lowest BCUT2D eigenvalue weighted by molar-refractivity contribution is -0.117. The van der Waals surface area contributed by atoms with Crippen LogP contribution in [-0.4, -0.2) is 25.0 Å². The van der Waals surface area contributed by atoms with E-state index in [1.165, 1.54) is 11.8 Å². The Hall–Kier alpha value is -1.24. The molecule has 110 valence electrons. The molecule has 0 bridgehead atoms. The number of halogens is 2. The average Bonchev–Trinajstić information content (AvgIpc) is 2.90. The number of nitrogens with one attached hydrogen (secondary N) is 1. The van der Waals surface area contributed by atoms with Gasteiger partial charge in [-0.2, -0.15) is 0 Å². The molecule has 0 radical (unpaired) electrons. The number of aryl methyl sites for hydroxylation is 1. The van der Waals surface area contributed by atoms with Crippen LogP contribution in [-0.2, 0) is 11.8 Å². The van der Waals surface area contributed by atoms with Crippen molar-refractivity contribution in [1.29, 1.82) is 0 Å². The Morgan fingerprint density at radius 2 is 2.10 bits per heavy atom. The Morgan fingerprint density at radius 1 is 1.43 bits per heavy atom. The van der Waals surface area contributed by atoms with Crippen LogP contribution in [0.15, 0.2) is 40.6 Å². The number of carbonyl (C=O) groups is 1. The number of anilines is 1. The van der Waals surface area contributed by atoms with E-state index in [1.807, 2.05) is 35.9 Å². The Balaban J connectivity index is 1.62. The highest BCUT2D eigenvalue weighted by Gasteiger charge is 2.56. The van der Waals surface area contributed by atoms with Gasteiger partial charge in [0.25, 0.3) is 0 Å². The van der Waals surface area contributed by atoms with E-state index >= 15 is 0 Å². The van der Waals surface area contributed by atoms with Gasteiger partial charge in [0.2, 0.25) is 5.91 Å². The third-order valence-corrected chi connectivity index (χ3v) is 5.04. The highest BCUT2D eigenvalue weighted by atomic mass is 35.5. The molecule has 1 aromatic heterocycles. The molecule has 3 rings (SSSR count). The summed E-state index contributed by atoms with van der Waals surface area (Å²) >= 11 is 13.2. The van der Waals surface area contributed by atoms with Gasteiger partial charge in [0.15, 0.2) is 5.16 Å². The normalized spacial score (nSPS) is 19.3. The zero-order chi connectivity index (χ0) is 15.0. The lowest BCUT2D eigenvalue weighted by atomic mass is 10.3.